The standard InChI is InChI=1S/C41H42F3N9O4/c1-23-6-11-32-37(50(2)40(57)53(32)33-12-13-35(54)48-39(33)56)36(23)25-14-16-51(17-15-25)21-24-7-9-28(10-8-24)52-22-27-19-30(26(20-45)18-31(27)49-52)47-38(55)29-4-3-5-34(46-29)41(42,43)44/h3-6,11,18-19,22,24-25,28,33H,7-10,12-17,21H2,1-2H3,(H,47,55)(H,48,54,56). The van der Waals surface area contributed by atoms with Gasteiger partial charge in [0.25, 0.3) is 5.91 Å². The van der Waals surface area contributed by atoms with Gasteiger partial charge < -0.3 is 10.2 Å². The van der Waals surface area contributed by atoms with Crippen LogP contribution in [0.25, 0.3) is 21.9 Å². The number of hydrogen-bond donors (Lipinski definition) is 2. The summed E-state index contributed by atoms with van der Waals surface area (Å²) < 4.78 is 44.6. The normalized spacial score (nSPS) is 21.2. The second kappa shape index (κ2) is 14.9. The lowest BCUT2D eigenvalue weighted by molar-refractivity contribution is -0.141. The highest BCUT2D eigenvalue weighted by Gasteiger charge is 2.35. The molecule has 16 heteroatoms. The molecule has 2 aliphatic heterocycles. The van der Waals surface area contributed by atoms with E-state index in [9.17, 15) is 37.6 Å². The quantitative estimate of drug-likeness (QED) is 0.187. The third-order valence-electron chi connectivity index (χ3n) is 12.0. The molecule has 3 amide bonds. The molecule has 2 saturated heterocycles. The number of imide groups is 1. The molecule has 1 atom stereocenters. The summed E-state index contributed by atoms with van der Waals surface area (Å²) in [4.78, 5) is 56.9. The highest BCUT2D eigenvalue weighted by Crippen LogP contribution is 2.39. The van der Waals surface area contributed by atoms with Crippen LogP contribution in [-0.2, 0) is 22.8 Å². The van der Waals surface area contributed by atoms with E-state index in [0.29, 0.717) is 23.2 Å². The first-order valence-corrected chi connectivity index (χ1v) is 19.3. The minimum Gasteiger partial charge on any atom is -0.319 e. The number of aryl methyl sites for hydroxylation is 2. The number of anilines is 1. The largest absolute Gasteiger partial charge is 0.433 e. The maximum Gasteiger partial charge on any atom is 0.433 e. The predicted octanol–water partition coefficient (Wildman–Crippen LogP) is 6.12. The Morgan fingerprint density at radius 3 is 2.47 bits per heavy atom. The molecule has 1 aliphatic carbocycles. The number of pyridine rings is 1. The topological polar surface area (TPSA) is 160 Å². The van der Waals surface area contributed by atoms with Gasteiger partial charge in [-0.3, -0.25) is 33.5 Å². The van der Waals surface area contributed by atoms with E-state index < -0.39 is 35.4 Å². The number of carbonyl (C=O) groups is 3. The number of rotatable bonds is 7. The van der Waals surface area contributed by atoms with Crippen molar-refractivity contribution in [1.29, 1.82) is 5.26 Å². The summed E-state index contributed by atoms with van der Waals surface area (Å²) in [6.45, 7) is 4.97. The first-order chi connectivity index (χ1) is 27.3. The van der Waals surface area contributed by atoms with Crippen LogP contribution in [-0.4, -0.2) is 66.2 Å². The summed E-state index contributed by atoms with van der Waals surface area (Å²) in [6.07, 6.45) is 3.53. The van der Waals surface area contributed by atoms with Crippen LogP contribution in [0.5, 0.6) is 0 Å². The lowest BCUT2D eigenvalue weighted by atomic mass is 9.83. The van der Waals surface area contributed by atoms with Crippen molar-refractivity contribution in [2.24, 2.45) is 13.0 Å². The van der Waals surface area contributed by atoms with Gasteiger partial charge in [0.15, 0.2) is 0 Å². The predicted molar refractivity (Wildman–Crippen MR) is 204 cm³/mol. The monoisotopic (exact) mass is 781 g/mol. The first kappa shape index (κ1) is 38.1. The number of nitrogens with one attached hydrogen (secondary N) is 2. The summed E-state index contributed by atoms with van der Waals surface area (Å²) in [5, 5.41) is 20.2. The van der Waals surface area contributed by atoms with Crippen LogP contribution in [0.4, 0.5) is 18.9 Å². The highest BCUT2D eigenvalue weighted by atomic mass is 19.4. The van der Waals surface area contributed by atoms with Crippen LogP contribution in [0.15, 0.2) is 53.5 Å². The Hall–Kier alpha value is -5.82. The van der Waals surface area contributed by atoms with Gasteiger partial charge in [-0.1, -0.05) is 12.1 Å². The number of halogens is 3. The van der Waals surface area contributed by atoms with Crippen LogP contribution >= 0.6 is 0 Å². The summed E-state index contributed by atoms with van der Waals surface area (Å²) in [6, 6.07) is 11.7. The zero-order valence-corrected chi connectivity index (χ0v) is 31.6. The van der Waals surface area contributed by atoms with E-state index in [-0.39, 0.29) is 41.2 Å². The van der Waals surface area contributed by atoms with Crippen molar-refractivity contribution >= 4 is 45.3 Å². The zero-order chi connectivity index (χ0) is 40.2. The van der Waals surface area contributed by atoms with Crippen molar-refractivity contribution in [3.05, 3.63) is 87.2 Å². The average molecular weight is 782 g/mol. The summed E-state index contributed by atoms with van der Waals surface area (Å²) in [5.41, 5.74) is 2.94. The maximum atomic E-state index is 13.5. The minimum absolute atomic E-state index is 0.141. The Kier molecular flexibility index (Phi) is 9.97. The second-order valence-corrected chi connectivity index (χ2v) is 15.6. The smallest absolute Gasteiger partial charge is 0.319 e. The van der Waals surface area contributed by atoms with Crippen molar-refractivity contribution in [2.75, 3.05) is 25.0 Å². The molecule has 57 heavy (non-hydrogen) atoms. The number of imidazole rings is 1. The van der Waals surface area contributed by atoms with Gasteiger partial charge in [-0.2, -0.15) is 23.5 Å². The number of piperidine rings is 2. The van der Waals surface area contributed by atoms with Crippen molar-refractivity contribution in [3.8, 4) is 6.07 Å². The van der Waals surface area contributed by atoms with Gasteiger partial charge in [-0.25, -0.2) is 9.78 Å². The molecule has 3 fully saturated rings. The van der Waals surface area contributed by atoms with Crippen LogP contribution < -0.4 is 16.3 Å². The molecule has 0 spiro atoms. The van der Waals surface area contributed by atoms with Crippen LogP contribution in [0.2, 0.25) is 0 Å². The lowest BCUT2D eigenvalue weighted by Crippen LogP contribution is -2.44. The van der Waals surface area contributed by atoms with E-state index in [1.165, 1.54) is 6.07 Å². The molecule has 5 aromatic rings. The molecule has 5 heterocycles. The van der Waals surface area contributed by atoms with E-state index in [1.807, 2.05) is 23.0 Å². The third-order valence-corrected chi connectivity index (χ3v) is 12.0. The number of likely N-dealkylation sites (tertiary alicyclic amines) is 1. The maximum absolute atomic E-state index is 13.5. The van der Waals surface area contributed by atoms with E-state index in [0.717, 1.165) is 92.5 Å². The van der Waals surface area contributed by atoms with E-state index in [1.54, 1.807) is 28.3 Å². The number of alkyl halides is 3. The molecule has 8 rings (SSSR count). The van der Waals surface area contributed by atoms with Gasteiger partial charge in [0.2, 0.25) is 11.8 Å². The van der Waals surface area contributed by atoms with Crippen molar-refractivity contribution < 1.29 is 27.6 Å². The minimum atomic E-state index is -4.70. The number of benzene rings is 2. The third kappa shape index (κ3) is 7.32. The van der Waals surface area contributed by atoms with E-state index >= 15 is 0 Å². The van der Waals surface area contributed by atoms with Crippen molar-refractivity contribution in [2.45, 2.75) is 82.5 Å². The molecular weight excluding hydrogens is 740 g/mol. The molecule has 2 aromatic carbocycles. The Morgan fingerprint density at radius 2 is 1.77 bits per heavy atom. The number of carbonyl (C=O) groups excluding carboxylic acids is 3. The van der Waals surface area contributed by atoms with Gasteiger partial charge >= 0.3 is 11.9 Å². The SMILES string of the molecule is Cc1ccc2c(c1C1CCN(CC3CCC(n4cc5cc(NC(=O)c6cccc(C(F)(F)F)n6)c(C#N)cc5n4)CC3)CC1)n(C)c(=O)n2C1CCC(=O)NC1=O. The summed E-state index contributed by atoms with van der Waals surface area (Å²) in [5.74, 6) is -0.800. The van der Waals surface area contributed by atoms with Gasteiger partial charge in [0.1, 0.15) is 23.5 Å². The summed E-state index contributed by atoms with van der Waals surface area (Å²) >= 11 is 0. The van der Waals surface area contributed by atoms with Crippen molar-refractivity contribution in [3.63, 3.8) is 0 Å². The molecule has 0 bridgehead atoms. The Balaban J connectivity index is 0.890. The molecular formula is C41H42F3N9O4. The molecule has 3 aliphatic rings. The van der Waals surface area contributed by atoms with Gasteiger partial charge in [0.05, 0.1) is 33.8 Å². The number of aromatic nitrogens is 5. The van der Waals surface area contributed by atoms with Crippen molar-refractivity contribution in [1.82, 2.24) is 34.1 Å². The number of hydrogen-bond acceptors (Lipinski definition) is 8. The number of fused-ring (bicyclic) bond motifs is 2. The van der Waals surface area contributed by atoms with Crippen LogP contribution in [0.3, 0.4) is 0 Å². The lowest BCUT2D eigenvalue weighted by Gasteiger charge is -2.37. The molecule has 1 saturated carbocycles. The Bertz CT molecular complexity index is 2510. The van der Waals surface area contributed by atoms with Crippen LogP contribution in [0.1, 0.15) is 102 Å². The fourth-order valence-electron chi connectivity index (χ4n) is 9.09. The van der Waals surface area contributed by atoms with Gasteiger partial charge in [-0.05, 0) is 118 Å². The molecule has 2 N–H and O–H groups in total. The molecule has 296 valence electrons. The number of amides is 3. The fraction of sp³-hybridized carbons (Fsp3) is 0.439. The number of nitriles is 1. The number of nitrogens with zero attached hydrogens (tertiary/aromatic N) is 7. The summed E-state index contributed by atoms with van der Waals surface area (Å²) in [7, 11) is 1.76. The molecule has 13 nitrogen and oxygen atoms in total. The van der Waals surface area contributed by atoms with Gasteiger partial charge in [-0.15, -0.1) is 0 Å². The molecule has 0 radical (unpaired) electrons. The molecule has 1 unspecified atom stereocenters. The van der Waals surface area contributed by atoms with E-state index in [2.05, 4.69) is 33.5 Å². The van der Waals surface area contributed by atoms with Crippen LogP contribution in [0, 0.1) is 24.2 Å². The Labute approximate surface area is 325 Å². The average Bonchev–Trinajstić information content (AvgIpc) is 3.72. The second-order valence-electron chi connectivity index (χ2n) is 15.6. The zero-order valence-electron chi connectivity index (χ0n) is 31.6. The highest BCUT2D eigenvalue weighted by molar-refractivity contribution is 6.05. The first-order valence-electron chi connectivity index (χ1n) is 19.3. The van der Waals surface area contributed by atoms with Gasteiger partial charge in [0, 0.05) is 31.6 Å². The Morgan fingerprint density at radius 1 is 1.02 bits per heavy atom. The fourth-order valence-corrected chi connectivity index (χ4v) is 9.09. The molecule has 3 aromatic heterocycles. The van der Waals surface area contributed by atoms with E-state index in [4.69, 9.17) is 5.10 Å².